The summed E-state index contributed by atoms with van der Waals surface area (Å²) in [6, 6.07) is 11.7. The van der Waals surface area contributed by atoms with Crippen LogP contribution in [0.5, 0.6) is 0 Å². The van der Waals surface area contributed by atoms with Crippen LogP contribution in [0.4, 0.5) is 13.2 Å². The van der Waals surface area contributed by atoms with Crippen molar-refractivity contribution in [2.24, 2.45) is 0 Å². The molecule has 24 heavy (non-hydrogen) atoms. The first-order chi connectivity index (χ1) is 11.6. The number of rotatable bonds is 3. The Morgan fingerprint density at radius 1 is 0.875 bits per heavy atom. The number of hydrogen-bond donors (Lipinski definition) is 0. The molecule has 2 aromatic rings. The lowest BCUT2D eigenvalue weighted by Crippen LogP contribution is -2.48. The van der Waals surface area contributed by atoms with Crippen LogP contribution in [-0.4, -0.2) is 41.9 Å². The second-order valence-corrected chi connectivity index (χ2v) is 5.78. The lowest BCUT2D eigenvalue weighted by Gasteiger charge is -2.34. The lowest BCUT2D eigenvalue weighted by atomic mass is 10.1. The zero-order valence-corrected chi connectivity index (χ0v) is 13.0. The van der Waals surface area contributed by atoms with Crippen molar-refractivity contribution in [3.05, 3.63) is 71.0 Å². The second-order valence-electron chi connectivity index (χ2n) is 5.78. The molecule has 1 aliphatic rings. The van der Waals surface area contributed by atoms with Crippen molar-refractivity contribution in [3.63, 3.8) is 0 Å². The molecule has 126 valence electrons. The topological polar surface area (TPSA) is 23.6 Å². The van der Waals surface area contributed by atoms with Gasteiger partial charge in [-0.2, -0.15) is 0 Å². The Bertz CT molecular complexity index is 729. The molecule has 6 heteroatoms. The average molecular weight is 334 g/mol. The highest BCUT2D eigenvalue weighted by molar-refractivity contribution is 5.94. The minimum Gasteiger partial charge on any atom is -0.336 e. The first kappa shape index (κ1) is 16.5. The van der Waals surface area contributed by atoms with E-state index in [9.17, 15) is 18.0 Å². The molecule has 1 heterocycles. The van der Waals surface area contributed by atoms with Crippen LogP contribution in [0.3, 0.4) is 0 Å². The zero-order chi connectivity index (χ0) is 17.1. The van der Waals surface area contributed by atoms with Crippen molar-refractivity contribution < 1.29 is 18.0 Å². The van der Waals surface area contributed by atoms with Crippen LogP contribution in [0.25, 0.3) is 0 Å². The summed E-state index contributed by atoms with van der Waals surface area (Å²) in [6.07, 6.45) is 0. The van der Waals surface area contributed by atoms with Crippen LogP contribution >= 0.6 is 0 Å². The molecule has 1 fully saturated rings. The van der Waals surface area contributed by atoms with E-state index in [0.717, 1.165) is 18.7 Å². The van der Waals surface area contributed by atoms with E-state index in [4.69, 9.17) is 0 Å². The maximum absolute atomic E-state index is 13.8. The van der Waals surface area contributed by atoms with Gasteiger partial charge in [-0.05, 0) is 17.7 Å². The molecule has 3 nitrogen and oxygen atoms in total. The SMILES string of the molecule is O=C(c1ccc(F)c(F)c1F)N1CCN(Cc2ccccc2)CC1. The van der Waals surface area contributed by atoms with Crippen LogP contribution in [0, 0.1) is 17.5 Å². The Kier molecular flexibility index (Phi) is 4.85. The van der Waals surface area contributed by atoms with Crippen molar-refractivity contribution in [1.29, 1.82) is 0 Å². The number of hydrogen-bond acceptors (Lipinski definition) is 2. The fraction of sp³-hybridized carbons (Fsp3) is 0.278. The van der Waals surface area contributed by atoms with Gasteiger partial charge in [-0.15, -0.1) is 0 Å². The van der Waals surface area contributed by atoms with Crippen LogP contribution in [0.2, 0.25) is 0 Å². The normalized spacial score (nSPS) is 15.5. The summed E-state index contributed by atoms with van der Waals surface area (Å²) >= 11 is 0. The Morgan fingerprint density at radius 2 is 1.54 bits per heavy atom. The number of piperazine rings is 1. The molecular weight excluding hydrogens is 317 g/mol. The number of carbonyl (C=O) groups is 1. The fourth-order valence-electron chi connectivity index (χ4n) is 2.81. The van der Waals surface area contributed by atoms with Crippen molar-refractivity contribution in [3.8, 4) is 0 Å². The molecule has 0 spiro atoms. The highest BCUT2D eigenvalue weighted by Crippen LogP contribution is 2.18. The van der Waals surface area contributed by atoms with Crippen molar-refractivity contribution >= 4 is 5.91 Å². The third-order valence-electron chi connectivity index (χ3n) is 4.17. The first-order valence-corrected chi connectivity index (χ1v) is 7.75. The number of carbonyl (C=O) groups excluding carboxylic acids is 1. The van der Waals surface area contributed by atoms with E-state index >= 15 is 0 Å². The first-order valence-electron chi connectivity index (χ1n) is 7.75. The van der Waals surface area contributed by atoms with Gasteiger partial charge in [0.2, 0.25) is 0 Å². The molecule has 1 saturated heterocycles. The van der Waals surface area contributed by atoms with Gasteiger partial charge in [0.1, 0.15) is 0 Å². The van der Waals surface area contributed by atoms with Crippen LogP contribution < -0.4 is 0 Å². The third-order valence-corrected chi connectivity index (χ3v) is 4.17. The molecule has 0 radical (unpaired) electrons. The number of halogens is 3. The molecule has 0 atom stereocenters. The van der Waals surface area contributed by atoms with Gasteiger partial charge in [-0.3, -0.25) is 9.69 Å². The van der Waals surface area contributed by atoms with Gasteiger partial charge in [0.15, 0.2) is 17.5 Å². The summed E-state index contributed by atoms with van der Waals surface area (Å²) in [5.74, 6) is -4.93. The molecule has 0 unspecified atom stereocenters. The predicted octanol–water partition coefficient (Wildman–Crippen LogP) is 3.06. The Morgan fingerprint density at radius 3 is 2.21 bits per heavy atom. The fourth-order valence-corrected chi connectivity index (χ4v) is 2.81. The van der Waals surface area contributed by atoms with E-state index in [1.54, 1.807) is 0 Å². The molecule has 0 aliphatic carbocycles. The number of nitrogens with zero attached hydrogens (tertiary/aromatic N) is 2. The molecule has 0 bridgehead atoms. The summed E-state index contributed by atoms with van der Waals surface area (Å²) in [4.78, 5) is 16.0. The molecule has 3 rings (SSSR count). The molecule has 2 aromatic carbocycles. The van der Waals surface area contributed by atoms with E-state index in [1.807, 2.05) is 30.3 Å². The van der Waals surface area contributed by atoms with Crippen molar-refractivity contribution in [2.75, 3.05) is 26.2 Å². The van der Waals surface area contributed by atoms with Gasteiger partial charge >= 0.3 is 0 Å². The third kappa shape index (κ3) is 3.43. The Balaban J connectivity index is 1.62. The Hall–Kier alpha value is -2.34. The minimum absolute atomic E-state index is 0.421. The summed E-state index contributed by atoms with van der Waals surface area (Å²) in [5.41, 5.74) is 0.759. The van der Waals surface area contributed by atoms with Crippen LogP contribution in [0.1, 0.15) is 15.9 Å². The summed E-state index contributed by atoms with van der Waals surface area (Å²) in [5, 5.41) is 0. The van der Waals surface area contributed by atoms with E-state index in [2.05, 4.69) is 4.90 Å². The molecule has 1 aliphatic heterocycles. The van der Waals surface area contributed by atoms with Crippen LogP contribution in [-0.2, 0) is 6.54 Å². The number of amides is 1. The van der Waals surface area contributed by atoms with Gasteiger partial charge in [0.05, 0.1) is 5.56 Å². The number of benzene rings is 2. The van der Waals surface area contributed by atoms with Gasteiger partial charge in [-0.25, -0.2) is 13.2 Å². The standard InChI is InChI=1S/C18H17F3N2O/c19-15-7-6-14(16(20)17(15)21)18(24)23-10-8-22(9-11-23)12-13-4-2-1-3-5-13/h1-7H,8-12H2. The molecule has 0 N–H and O–H groups in total. The minimum atomic E-state index is -1.61. The van der Waals surface area contributed by atoms with Crippen molar-refractivity contribution in [2.45, 2.75) is 6.54 Å². The molecule has 0 saturated carbocycles. The highest BCUT2D eigenvalue weighted by atomic mass is 19.2. The van der Waals surface area contributed by atoms with Crippen LogP contribution in [0.15, 0.2) is 42.5 Å². The lowest BCUT2D eigenvalue weighted by molar-refractivity contribution is 0.0622. The zero-order valence-electron chi connectivity index (χ0n) is 13.0. The summed E-state index contributed by atoms with van der Waals surface area (Å²) in [7, 11) is 0. The van der Waals surface area contributed by atoms with E-state index in [0.29, 0.717) is 26.2 Å². The Labute approximate surface area is 138 Å². The summed E-state index contributed by atoms with van der Waals surface area (Å²) < 4.78 is 40.0. The maximum Gasteiger partial charge on any atom is 0.257 e. The highest BCUT2D eigenvalue weighted by Gasteiger charge is 2.26. The second kappa shape index (κ2) is 7.05. The van der Waals surface area contributed by atoms with Gasteiger partial charge in [-0.1, -0.05) is 30.3 Å². The van der Waals surface area contributed by atoms with E-state index in [-0.39, 0.29) is 0 Å². The predicted molar refractivity (Wildman–Crippen MR) is 83.9 cm³/mol. The van der Waals surface area contributed by atoms with E-state index < -0.39 is 28.9 Å². The van der Waals surface area contributed by atoms with Gasteiger partial charge in [0, 0.05) is 32.7 Å². The van der Waals surface area contributed by atoms with Gasteiger partial charge in [0.25, 0.3) is 5.91 Å². The monoisotopic (exact) mass is 334 g/mol. The molecule has 1 amide bonds. The quantitative estimate of drug-likeness (QED) is 0.806. The maximum atomic E-state index is 13.8. The summed E-state index contributed by atoms with van der Waals surface area (Å²) in [6.45, 7) is 2.91. The molecular formula is C18H17F3N2O. The average Bonchev–Trinajstić information content (AvgIpc) is 2.61. The van der Waals surface area contributed by atoms with Gasteiger partial charge < -0.3 is 4.90 Å². The largest absolute Gasteiger partial charge is 0.336 e. The molecule has 0 aromatic heterocycles. The van der Waals surface area contributed by atoms with Crippen molar-refractivity contribution in [1.82, 2.24) is 9.80 Å². The van der Waals surface area contributed by atoms with E-state index in [1.165, 1.54) is 10.5 Å². The smallest absolute Gasteiger partial charge is 0.257 e.